The number of amides is 1. The number of aryl methyl sites for hydroxylation is 2. The fourth-order valence-corrected chi connectivity index (χ4v) is 7.99. The summed E-state index contributed by atoms with van der Waals surface area (Å²) in [5, 5.41) is 9.72. The molecule has 1 amide bonds. The second kappa shape index (κ2) is 10.1. The van der Waals surface area contributed by atoms with E-state index in [1.807, 2.05) is 11.0 Å². The maximum Gasteiger partial charge on any atom is 0.226 e. The molecule has 10 heteroatoms. The van der Waals surface area contributed by atoms with Crippen LogP contribution in [0, 0.1) is 19.8 Å². The summed E-state index contributed by atoms with van der Waals surface area (Å²) in [6.45, 7) is 8.21. The molecule has 4 fully saturated rings. The van der Waals surface area contributed by atoms with Crippen LogP contribution in [-0.2, 0) is 19.6 Å². The third-order valence-electron chi connectivity index (χ3n) is 8.28. The van der Waals surface area contributed by atoms with Crippen molar-refractivity contribution in [2.75, 3.05) is 19.6 Å². The van der Waals surface area contributed by atoms with Gasteiger partial charge in [0.2, 0.25) is 15.9 Å². The Hall–Kier alpha value is -1.56. The van der Waals surface area contributed by atoms with Gasteiger partial charge in [-0.25, -0.2) is 8.42 Å². The number of nitrogens with zero attached hydrogens (tertiary/aromatic N) is 1. The summed E-state index contributed by atoms with van der Waals surface area (Å²) in [7, 11) is -3.65. The summed E-state index contributed by atoms with van der Waals surface area (Å²) in [5.41, 5.74) is 3.51. The smallest absolute Gasteiger partial charge is 0.226 e. The lowest BCUT2D eigenvalue weighted by Gasteiger charge is -2.41. The second-order valence-electron chi connectivity index (χ2n) is 10.6. The average molecular weight is 506 g/mol. The van der Waals surface area contributed by atoms with Crippen molar-refractivity contribution < 1.29 is 17.9 Å². The molecule has 1 aromatic rings. The molecule has 7 atom stereocenters. The third-order valence-corrected chi connectivity index (χ3v) is 10.2. The lowest BCUT2D eigenvalue weighted by Crippen LogP contribution is -2.65. The lowest BCUT2D eigenvalue weighted by molar-refractivity contribution is -0.144. The van der Waals surface area contributed by atoms with Crippen LogP contribution < -0.4 is 20.7 Å². The van der Waals surface area contributed by atoms with E-state index >= 15 is 0 Å². The molecule has 35 heavy (non-hydrogen) atoms. The van der Waals surface area contributed by atoms with Gasteiger partial charge in [0.15, 0.2) is 0 Å². The number of ether oxygens (including phenoxy) is 1. The highest BCUT2D eigenvalue weighted by Crippen LogP contribution is 2.33. The summed E-state index contributed by atoms with van der Waals surface area (Å²) in [6, 6.07) is 6.05. The number of hydrogen-bond donors (Lipinski definition) is 4. The van der Waals surface area contributed by atoms with Crippen molar-refractivity contribution in [3.05, 3.63) is 34.9 Å². The Morgan fingerprint density at radius 2 is 1.86 bits per heavy atom. The van der Waals surface area contributed by atoms with Crippen molar-refractivity contribution in [2.45, 2.75) is 88.8 Å². The highest BCUT2D eigenvalue weighted by molar-refractivity contribution is 7.90. The number of carbonyl (C=O) groups is 1. The van der Waals surface area contributed by atoms with Gasteiger partial charge in [-0.3, -0.25) is 15.4 Å². The first-order valence-corrected chi connectivity index (χ1v) is 14.5. The Balaban J connectivity index is 1.52. The van der Waals surface area contributed by atoms with Gasteiger partial charge in [-0.05, 0) is 56.7 Å². The molecule has 0 radical (unpaired) electrons. The molecular formula is C25H39N5O4S. The van der Waals surface area contributed by atoms with Gasteiger partial charge in [-0.2, -0.15) is 4.72 Å². The molecule has 1 aromatic carbocycles. The number of fused-ring (bicyclic) bond motifs is 6. The fourth-order valence-electron chi connectivity index (χ4n) is 6.37. The number of benzene rings is 1. The van der Waals surface area contributed by atoms with Crippen molar-refractivity contribution in [1.82, 2.24) is 25.6 Å². The quantitative estimate of drug-likeness (QED) is 0.454. The molecule has 6 bridgehead atoms. The molecule has 1 saturated carbocycles. The van der Waals surface area contributed by atoms with E-state index in [0.717, 1.165) is 12.8 Å². The summed E-state index contributed by atoms with van der Waals surface area (Å²) in [4.78, 5) is 15.5. The molecule has 4 aliphatic rings. The van der Waals surface area contributed by atoms with Gasteiger partial charge >= 0.3 is 0 Å². The van der Waals surface area contributed by atoms with E-state index in [4.69, 9.17) is 4.74 Å². The van der Waals surface area contributed by atoms with E-state index in [0.29, 0.717) is 38.9 Å². The minimum absolute atomic E-state index is 0.0661. The lowest BCUT2D eigenvalue weighted by atomic mass is 9.87. The third kappa shape index (κ3) is 5.14. The van der Waals surface area contributed by atoms with Crippen LogP contribution in [-0.4, -0.2) is 68.8 Å². The summed E-state index contributed by atoms with van der Waals surface area (Å²) < 4.78 is 36.5. The molecule has 9 nitrogen and oxygen atoms in total. The number of carbonyl (C=O) groups excluding carboxylic acids is 1. The van der Waals surface area contributed by atoms with E-state index in [-0.39, 0.29) is 36.2 Å². The first-order valence-electron chi connectivity index (χ1n) is 13.0. The zero-order chi connectivity index (χ0) is 24.7. The Morgan fingerprint density at radius 3 is 2.63 bits per heavy atom. The molecule has 6 unspecified atom stereocenters. The Kier molecular flexibility index (Phi) is 7.22. The topological polar surface area (TPSA) is 112 Å². The van der Waals surface area contributed by atoms with Crippen LogP contribution in [0.25, 0.3) is 0 Å². The van der Waals surface area contributed by atoms with Gasteiger partial charge in [-0.15, -0.1) is 0 Å². The van der Waals surface area contributed by atoms with Gasteiger partial charge in [0.1, 0.15) is 12.5 Å². The van der Waals surface area contributed by atoms with E-state index in [2.05, 4.69) is 53.6 Å². The van der Waals surface area contributed by atoms with Gasteiger partial charge in [0.25, 0.3) is 0 Å². The molecule has 5 rings (SSSR count). The molecule has 3 heterocycles. The van der Waals surface area contributed by atoms with Gasteiger partial charge < -0.3 is 15.0 Å². The van der Waals surface area contributed by atoms with Crippen LogP contribution in [0.4, 0.5) is 0 Å². The van der Waals surface area contributed by atoms with E-state index in [9.17, 15) is 13.2 Å². The predicted octanol–water partition coefficient (Wildman–Crippen LogP) is 1.23. The van der Waals surface area contributed by atoms with E-state index in [1.54, 1.807) is 0 Å². The summed E-state index contributed by atoms with van der Waals surface area (Å²) >= 11 is 0. The molecule has 3 saturated heterocycles. The van der Waals surface area contributed by atoms with Crippen LogP contribution >= 0.6 is 0 Å². The molecular weight excluding hydrogens is 466 g/mol. The first kappa shape index (κ1) is 25.1. The van der Waals surface area contributed by atoms with Crippen LogP contribution in [0.3, 0.4) is 0 Å². The molecule has 0 aromatic heterocycles. The Morgan fingerprint density at radius 1 is 1.09 bits per heavy atom. The van der Waals surface area contributed by atoms with Crippen molar-refractivity contribution in [2.24, 2.45) is 5.92 Å². The molecule has 0 spiro atoms. The largest absolute Gasteiger partial charge is 0.357 e. The molecule has 1 aliphatic carbocycles. The normalized spacial score (nSPS) is 38.0. The van der Waals surface area contributed by atoms with Gasteiger partial charge in [0, 0.05) is 38.0 Å². The van der Waals surface area contributed by atoms with Crippen molar-refractivity contribution >= 4 is 15.9 Å². The zero-order valence-electron chi connectivity index (χ0n) is 20.9. The minimum atomic E-state index is -3.65. The zero-order valence-corrected chi connectivity index (χ0v) is 21.7. The van der Waals surface area contributed by atoms with Gasteiger partial charge in [0.05, 0.1) is 17.4 Å². The van der Waals surface area contributed by atoms with E-state index in [1.165, 1.54) is 16.7 Å². The number of nitrogens with one attached hydrogen (secondary N) is 4. The number of hydrogen-bond acceptors (Lipinski definition) is 7. The van der Waals surface area contributed by atoms with Gasteiger partial charge in [-0.1, -0.05) is 24.6 Å². The van der Waals surface area contributed by atoms with Crippen LogP contribution in [0.2, 0.25) is 0 Å². The average Bonchev–Trinajstić information content (AvgIpc) is 2.99. The fraction of sp³-hybridized carbons (Fsp3) is 0.720. The standard InChI is InChI=1S/C25H39N5O4S/c1-15-6-4-7-16(2)23(15)20-13-22-28-25(27-20)29-35(32,33)19-9-5-8-18(12-19)24(31)30-11-10-26-14-21(34-22)17(30)3/h4,6-7,17-22,25-29H,5,8-14H2,1-3H3/t17-,18?,19?,20?,21?,22?,25?/m1/s1. The summed E-state index contributed by atoms with van der Waals surface area (Å²) in [6.07, 6.45) is 1.83. The van der Waals surface area contributed by atoms with E-state index < -0.39 is 21.6 Å². The molecule has 4 N–H and O–H groups in total. The van der Waals surface area contributed by atoms with Crippen molar-refractivity contribution in [3.63, 3.8) is 0 Å². The monoisotopic (exact) mass is 505 g/mol. The predicted molar refractivity (Wildman–Crippen MR) is 134 cm³/mol. The van der Waals surface area contributed by atoms with Crippen LogP contribution in [0.15, 0.2) is 18.2 Å². The summed E-state index contributed by atoms with van der Waals surface area (Å²) in [5.74, 6) is -0.202. The van der Waals surface area contributed by atoms with Crippen LogP contribution in [0.5, 0.6) is 0 Å². The molecule has 194 valence electrons. The maximum absolute atomic E-state index is 13.6. The first-order chi connectivity index (χ1) is 16.7. The SMILES string of the molecule is Cc1cccc(C)c1C1CC2NC(N1)NS(=O)(=O)C1CCCC(C1)C(=O)N1CCNCC(O2)[C@H]1C. The highest BCUT2D eigenvalue weighted by atomic mass is 32.2. The second-order valence-corrected chi connectivity index (χ2v) is 12.6. The Labute approximate surface area is 208 Å². The Bertz CT molecular complexity index is 1030. The van der Waals surface area contributed by atoms with Crippen LogP contribution in [0.1, 0.15) is 61.8 Å². The number of sulfonamides is 1. The van der Waals surface area contributed by atoms with Crippen molar-refractivity contribution in [1.29, 1.82) is 0 Å². The number of rotatable bonds is 1. The molecule has 3 aliphatic heterocycles. The highest BCUT2D eigenvalue weighted by Gasteiger charge is 2.43. The van der Waals surface area contributed by atoms with Crippen molar-refractivity contribution in [3.8, 4) is 0 Å². The minimum Gasteiger partial charge on any atom is -0.357 e. The maximum atomic E-state index is 13.6.